The van der Waals surface area contributed by atoms with E-state index in [1.165, 1.54) is 0 Å². The second kappa shape index (κ2) is 8.40. The standard InChI is InChI=1S/C16H31N3O/c1-7-10-17-13(6)15(12(4)5)16-18-14(19-20-16)9-8-11(2)3/h11-13,15,17H,7-10H2,1-6H3. The van der Waals surface area contributed by atoms with Gasteiger partial charge < -0.3 is 9.84 Å². The van der Waals surface area contributed by atoms with Crippen LogP contribution in [0.2, 0.25) is 0 Å². The molecule has 4 heteroatoms. The smallest absolute Gasteiger partial charge is 0.231 e. The van der Waals surface area contributed by atoms with Crippen LogP contribution in [0, 0.1) is 11.8 Å². The zero-order valence-electron chi connectivity index (χ0n) is 13.9. The lowest BCUT2D eigenvalue weighted by Gasteiger charge is -2.24. The second-order valence-corrected chi connectivity index (χ2v) is 6.49. The third kappa shape index (κ3) is 5.23. The highest BCUT2D eigenvalue weighted by Gasteiger charge is 2.27. The Balaban J connectivity index is 2.71. The van der Waals surface area contributed by atoms with Crippen molar-refractivity contribution in [2.75, 3.05) is 6.54 Å². The largest absolute Gasteiger partial charge is 0.339 e. The summed E-state index contributed by atoms with van der Waals surface area (Å²) >= 11 is 0. The van der Waals surface area contributed by atoms with Crippen LogP contribution < -0.4 is 5.32 Å². The van der Waals surface area contributed by atoms with Crippen molar-refractivity contribution in [1.82, 2.24) is 15.5 Å². The summed E-state index contributed by atoms with van der Waals surface area (Å²) in [6.07, 6.45) is 3.15. The van der Waals surface area contributed by atoms with Crippen LogP contribution in [-0.4, -0.2) is 22.7 Å². The molecule has 116 valence electrons. The normalized spacial score (nSPS) is 15.0. The first kappa shape index (κ1) is 17.2. The fraction of sp³-hybridized carbons (Fsp3) is 0.875. The maximum absolute atomic E-state index is 5.52. The molecule has 0 radical (unpaired) electrons. The van der Waals surface area contributed by atoms with Crippen molar-refractivity contribution in [3.63, 3.8) is 0 Å². The van der Waals surface area contributed by atoms with Gasteiger partial charge in [-0.25, -0.2) is 0 Å². The molecule has 0 aliphatic heterocycles. The molecule has 0 fully saturated rings. The average molecular weight is 281 g/mol. The van der Waals surface area contributed by atoms with Crippen LogP contribution in [0.4, 0.5) is 0 Å². The maximum atomic E-state index is 5.52. The predicted octanol–water partition coefficient (Wildman–Crippen LogP) is 3.79. The molecule has 1 aromatic heterocycles. The predicted molar refractivity (Wildman–Crippen MR) is 82.8 cm³/mol. The quantitative estimate of drug-likeness (QED) is 0.748. The number of aromatic nitrogens is 2. The van der Waals surface area contributed by atoms with Crippen LogP contribution in [0.1, 0.15) is 72.0 Å². The molecular formula is C16H31N3O. The number of nitrogens with zero attached hydrogens (tertiary/aromatic N) is 2. The topological polar surface area (TPSA) is 51.0 Å². The summed E-state index contributed by atoms with van der Waals surface area (Å²) in [5, 5.41) is 7.68. The Morgan fingerprint density at radius 2 is 1.85 bits per heavy atom. The highest BCUT2D eigenvalue weighted by atomic mass is 16.5. The van der Waals surface area contributed by atoms with Crippen molar-refractivity contribution in [3.05, 3.63) is 11.7 Å². The summed E-state index contributed by atoms with van der Waals surface area (Å²) in [5.74, 6) is 3.06. The summed E-state index contributed by atoms with van der Waals surface area (Å²) in [6, 6.07) is 0.355. The van der Waals surface area contributed by atoms with Gasteiger partial charge in [0.05, 0.1) is 5.92 Å². The number of rotatable bonds is 9. The molecule has 0 aliphatic carbocycles. The molecule has 0 aromatic carbocycles. The SMILES string of the molecule is CCCNC(C)C(c1nc(CCC(C)C)no1)C(C)C. The Kier molecular flexibility index (Phi) is 7.20. The summed E-state index contributed by atoms with van der Waals surface area (Å²) in [5.41, 5.74) is 0. The van der Waals surface area contributed by atoms with Crippen LogP contribution in [0.5, 0.6) is 0 Å². The minimum atomic E-state index is 0.279. The van der Waals surface area contributed by atoms with E-state index in [1.807, 2.05) is 0 Å². The molecule has 0 aliphatic rings. The zero-order valence-corrected chi connectivity index (χ0v) is 13.9. The molecule has 0 bridgehead atoms. The molecule has 2 atom stereocenters. The van der Waals surface area contributed by atoms with Crippen molar-refractivity contribution in [3.8, 4) is 0 Å². The average Bonchev–Trinajstić information content (AvgIpc) is 2.82. The summed E-state index contributed by atoms with van der Waals surface area (Å²) in [6.45, 7) is 14.3. The van der Waals surface area contributed by atoms with Crippen molar-refractivity contribution >= 4 is 0 Å². The summed E-state index contributed by atoms with van der Waals surface area (Å²) in [4.78, 5) is 4.62. The first-order chi connectivity index (χ1) is 9.45. The van der Waals surface area contributed by atoms with Gasteiger partial charge in [0.15, 0.2) is 5.82 Å². The summed E-state index contributed by atoms with van der Waals surface area (Å²) in [7, 11) is 0. The van der Waals surface area contributed by atoms with Gasteiger partial charge in [-0.15, -0.1) is 0 Å². The van der Waals surface area contributed by atoms with Gasteiger partial charge in [0.1, 0.15) is 0 Å². The molecule has 0 saturated heterocycles. The lowest BCUT2D eigenvalue weighted by atomic mass is 9.89. The molecule has 4 nitrogen and oxygen atoms in total. The Bertz CT molecular complexity index is 374. The van der Waals surface area contributed by atoms with Crippen LogP contribution in [0.15, 0.2) is 4.52 Å². The molecule has 0 amide bonds. The highest BCUT2D eigenvalue weighted by Crippen LogP contribution is 2.27. The van der Waals surface area contributed by atoms with Gasteiger partial charge in [0, 0.05) is 12.5 Å². The highest BCUT2D eigenvalue weighted by molar-refractivity contribution is 5.00. The first-order valence-electron chi connectivity index (χ1n) is 8.01. The molecule has 2 unspecified atom stereocenters. The van der Waals surface area contributed by atoms with E-state index in [0.29, 0.717) is 17.9 Å². The molecule has 1 rings (SSSR count). The second-order valence-electron chi connectivity index (χ2n) is 6.49. The van der Waals surface area contributed by atoms with Gasteiger partial charge in [-0.1, -0.05) is 39.8 Å². The van der Waals surface area contributed by atoms with Crippen molar-refractivity contribution < 1.29 is 4.52 Å². The molecule has 1 aromatic rings. The third-order valence-electron chi connectivity index (χ3n) is 3.69. The van der Waals surface area contributed by atoms with E-state index < -0.39 is 0 Å². The van der Waals surface area contributed by atoms with Crippen molar-refractivity contribution in [1.29, 1.82) is 0 Å². The third-order valence-corrected chi connectivity index (χ3v) is 3.69. The molecule has 1 N–H and O–H groups in total. The van der Waals surface area contributed by atoms with Gasteiger partial charge in [-0.2, -0.15) is 4.98 Å². The van der Waals surface area contributed by atoms with Crippen LogP contribution >= 0.6 is 0 Å². The van der Waals surface area contributed by atoms with E-state index in [4.69, 9.17) is 4.52 Å². The van der Waals surface area contributed by atoms with Gasteiger partial charge in [0.25, 0.3) is 0 Å². The van der Waals surface area contributed by atoms with Gasteiger partial charge in [-0.3, -0.25) is 0 Å². The van der Waals surface area contributed by atoms with E-state index in [2.05, 4.69) is 57.0 Å². The minimum Gasteiger partial charge on any atom is -0.339 e. The number of hydrogen-bond donors (Lipinski definition) is 1. The Morgan fingerprint density at radius 1 is 1.15 bits per heavy atom. The Morgan fingerprint density at radius 3 is 2.40 bits per heavy atom. The van der Waals surface area contributed by atoms with E-state index in [-0.39, 0.29) is 5.92 Å². The lowest BCUT2D eigenvalue weighted by Crippen LogP contribution is -2.35. The molecule has 20 heavy (non-hydrogen) atoms. The van der Waals surface area contributed by atoms with Crippen LogP contribution in [-0.2, 0) is 6.42 Å². The summed E-state index contributed by atoms with van der Waals surface area (Å²) < 4.78 is 5.52. The monoisotopic (exact) mass is 281 g/mol. The van der Waals surface area contributed by atoms with Gasteiger partial charge >= 0.3 is 0 Å². The van der Waals surface area contributed by atoms with E-state index in [9.17, 15) is 0 Å². The minimum absolute atomic E-state index is 0.279. The lowest BCUT2D eigenvalue weighted by molar-refractivity contribution is 0.279. The van der Waals surface area contributed by atoms with Gasteiger partial charge in [-0.05, 0) is 38.1 Å². The fourth-order valence-corrected chi connectivity index (χ4v) is 2.50. The fourth-order valence-electron chi connectivity index (χ4n) is 2.50. The Hall–Kier alpha value is -0.900. The Labute approximate surface area is 123 Å². The number of aryl methyl sites for hydroxylation is 1. The molecule has 0 spiro atoms. The van der Waals surface area contributed by atoms with Crippen molar-refractivity contribution in [2.24, 2.45) is 11.8 Å². The van der Waals surface area contributed by atoms with Crippen LogP contribution in [0.3, 0.4) is 0 Å². The van der Waals surface area contributed by atoms with Gasteiger partial charge in [0.2, 0.25) is 5.89 Å². The van der Waals surface area contributed by atoms with E-state index in [0.717, 1.165) is 37.5 Å². The maximum Gasteiger partial charge on any atom is 0.231 e. The molecule has 0 saturated carbocycles. The van der Waals surface area contributed by atoms with Crippen LogP contribution in [0.25, 0.3) is 0 Å². The van der Waals surface area contributed by atoms with Crippen molar-refractivity contribution in [2.45, 2.75) is 72.8 Å². The van der Waals surface area contributed by atoms with E-state index in [1.54, 1.807) is 0 Å². The molecule has 1 heterocycles. The number of nitrogens with one attached hydrogen (secondary N) is 1. The first-order valence-corrected chi connectivity index (χ1v) is 8.01. The number of hydrogen-bond acceptors (Lipinski definition) is 4. The van der Waals surface area contributed by atoms with E-state index >= 15 is 0 Å². The zero-order chi connectivity index (χ0) is 15.1. The molecular weight excluding hydrogens is 250 g/mol.